The smallest absolute Gasteiger partial charge is 0.308 e. The molecule has 10 heteroatoms. The first-order chi connectivity index (χ1) is 16.4. The van der Waals surface area contributed by atoms with Crippen LogP contribution in [0.5, 0.6) is 0 Å². The number of piperazine rings is 1. The minimum absolute atomic E-state index is 0.00902. The number of carbonyl (C=O) groups is 1. The zero-order valence-corrected chi connectivity index (χ0v) is 20.5. The van der Waals surface area contributed by atoms with E-state index in [1.165, 1.54) is 4.31 Å². The van der Waals surface area contributed by atoms with Crippen LogP contribution in [0.25, 0.3) is 21.1 Å². The van der Waals surface area contributed by atoms with Crippen LogP contribution >= 0.6 is 11.3 Å². The van der Waals surface area contributed by atoms with Crippen molar-refractivity contribution in [3.63, 3.8) is 0 Å². The minimum Gasteiger partial charge on any atom is -0.361 e. The SMILES string of the molecule is CCCn1c(=O)sc2cc(S(=O)(=O)N3CCN(C(=O)Cc4c[nH]c5ccccc45)CC3)ccc21. The molecule has 178 valence electrons. The number of thiazole rings is 1. The number of aryl methyl sites for hydroxylation is 1. The monoisotopic (exact) mass is 498 g/mol. The first kappa shape index (κ1) is 22.8. The van der Waals surface area contributed by atoms with Crippen molar-refractivity contribution < 1.29 is 13.2 Å². The summed E-state index contributed by atoms with van der Waals surface area (Å²) in [6.07, 6.45) is 2.97. The molecule has 0 atom stereocenters. The Kier molecular flexibility index (Phi) is 6.05. The second-order valence-electron chi connectivity index (χ2n) is 8.47. The van der Waals surface area contributed by atoms with Crippen molar-refractivity contribution in [1.82, 2.24) is 18.8 Å². The molecule has 4 aromatic rings. The highest BCUT2D eigenvalue weighted by molar-refractivity contribution is 7.89. The summed E-state index contributed by atoms with van der Waals surface area (Å²) in [5.74, 6) is -0.00902. The van der Waals surface area contributed by atoms with Gasteiger partial charge in [-0.1, -0.05) is 36.5 Å². The summed E-state index contributed by atoms with van der Waals surface area (Å²) in [7, 11) is -3.71. The lowest BCUT2D eigenvalue weighted by molar-refractivity contribution is -0.131. The van der Waals surface area contributed by atoms with E-state index in [9.17, 15) is 18.0 Å². The maximum atomic E-state index is 13.3. The molecule has 8 nitrogen and oxygen atoms in total. The summed E-state index contributed by atoms with van der Waals surface area (Å²) in [5.41, 5.74) is 2.70. The van der Waals surface area contributed by atoms with Crippen LogP contribution in [0.15, 0.2) is 58.4 Å². The maximum absolute atomic E-state index is 13.3. The summed E-state index contributed by atoms with van der Waals surface area (Å²) in [5, 5.41) is 1.03. The van der Waals surface area contributed by atoms with Crippen LogP contribution in [0, 0.1) is 0 Å². The van der Waals surface area contributed by atoms with Gasteiger partial charge in [0.15, 0.2) is 0 Å². The van der Waals surface area contributed by atoms with Gasteiger partial charge in [-0.15, -0.1) is 0 Å². The third-order valence-electron chi connectivity index (χ3n) is 6.33. The minimum atomic E-state index is -3.71. The van der Waals surface area contributed by atoms with Crippen molar-refractivity contribution in [1.29, 1.82) is 0 Å². The number of sulfonamides is 1. The number of hydrogen-bond acceptors (Lipinski definition) is 5. The summed E-state index contributed by atoms with van der Waals surface area (Å²) in [4.78, 5) is 30.2. The maximum Gasteiger partial charge on any atom is 0.308 e. The molecule has 0 bridgehead atoms. The lowest BCUT2D eigenvalue weighted by atomic mass is 10.1. The Labute approximate surface area is 201 Å². The van der Waals surface area contributed by atoms with Crippen molar-refractivity contribution in [3.8, 4) is 0 Å². The number of hydrogen-bond donors (Lipinski definition) is 1. The Morgan fingerprint density at radius 1 is 1.09 bits per heavy atom. The summed E-state index contributed by atoms with van der Waals surface area (Å²) in [6, 6.07) is 12.7. The normalized spacial score (nSPS) is 15.4. The summed E-state index contributed by atoms with van der Waals surface area (Å²) in [6.45, 7) is 3.80. The van der Waals surface area contributed by atoms with Gasteiger partial charge >= 0.3 is 4.87 Å². The molecule has 0 unspecified atom stereocenters. The highest BCUT2D eigenvalue weighted by Crippen LogP contribution is 2.25. The Balaban J connectivity index is 1.28. The molecule has 0 spiro atoms. The second-order valence-corrected chi connectivity index (χ2v) is 11.4. The molecular formula is C24H26N4O4S2. The molecule has 2 aromatic heterocycles. The number of para-hydroxylation sites is 1. The number of aromatic nitrogens is 2. The lowest BCUT2D eigenvalue weighted by Gasteiger charge is -2.34. The van der Waals surface area contributed by atoms with E-state index in [0.717, 1.165) is 39.7 Å². The van der Waals surface area contributed by atoms with E-state index < -0.39 is 10.0 Å². The van der Waals surface area contributed by atoms with Gasteiger partial charge in [0.25, 0.3) is 0 Å². The van der Waals surface area contributed by atoms with Crippen molar-refractivity contribution in [2.75, 3.05) is 26.2 Å². The van der Waals surface area contributed by atoms with E-state index >= 15 is 0 Å². The largest absolute Gasteiger partial charge is 0.361 e. The summed E-state index contributed by atoms with van der Waals surface area (Å²) < 4.78 is 30.3. The fourth-order valence-electron chi connectivity index (χ4n) is 4.52. The highest BCUT2D eigenvalue weighted by Gasteiger charge is 2.30. The predicted molar refractivity (Wildman–Crippen MR) is 134 cm³/mol. The number of benzene rings is 2. The van der Waals surface area contributed by atoms with Crippen molar-refractivity contribution in [2.24, 2.45) is 0 Å². The Morgan fingerprint density at radius 3 is 2.62 bits per heavy atom. The number of rotatable bonds is 6. The van der Waals surface area contributed by atoms with E-state index in [-0.39, 0.29) is 35.2 Å². The molecule has 3 heterocycles. The van der Waals surface area contributed by atoms with Gasteiger partial charge in [0.1, 0.15) is 0 Å². The fraction of sp³-hybridized carbons (Fsp3) is 0.333. The zero-order valence-electron chi connectivity index (χ0n) is 18.9. The molecule has 0 saturated carbocycles. The number of carbonyl (C=O) groups excluding carboxylic acids is 1. The lowest BCUT2D eigenvalue weighted by Crippen LogP contribution is -2.50. The van der Waals surface area contributed by atoms with Gasteiger partial charge in [0.2, 0.25) is 15.9 Å². The first-order valence-electron chi connectivity index (χ1n) is 11.3. The van der Waals surface area contributed by atoms with Gasteiger partial charge in [-0.05, 0) is 36.2 Å². The average Bonchev–Trinajstić information content (AvgIpc) is 3.39. The van der Waals surface area contributed by atoms with E-state index in [1.807, 2.05) is 37.4 Å². The standard InChI is InChI=1S/C24H26N4O4S2/c1-2-9-28-21-8-7-18(15-22(21)33-24(28)30)34(31,32)27-12-10-26(11-13-27)23(29)14-17-16-25-20-6-4-3-5-19(17)20/h3-8,15-16,25H,2,9-14H2,1H3. The molecule has 1 N–H and O–H groups in total. The third kappa shape index (κ3) is 4.06. The van der Waals surface area contributed by atoms with Gasteiger partial charge in [0.05, 0.1) is 21.5 Å². The average molecular weight is 499 g/mol. The van der Waals surface area contributed by atoms with Gasteiger partial charge < -0.3 is 9.88 Å². The van der Waals surface area contributed by atoms with Crippen molar-refractivity contribution >= 4 is 48.4 Å². The number of amides is 1. The molecule has 0 radical (unpaired) electrons. The van der Waals surface area contributed by atoms with Crippen molar-refractivity contribution in [2.45, 2.75) is 31.2 Å². The van der Waals surface area contributed by atoms with Gasteiger partial charge in [-0.2, -0.15) is 4.31 Å². The third-order valence-corrected chi connectivity index (χ3v) is 9.17. The Hall–Kier alpha value is -2.95. The number of fused-ring (bicyclic) bond motifs is 2. The molecule has 34 heavy (non-hydrogen) atoms. The Bertz CT molecular complexity index is 1530. The van der Waals surface area contributed by atoms with Crippen LogP contribution in [0.2, 0.25) is 0 Å². The van der Waals surface area contributed by atoms with E-state index in [0.29, 0.717) is 24.3 Å². The van der Waals surface area contributed by atoms with Crippen LogP contribution in [-0.4, -0.2) is 59.3 Å². The van der Waals surface area contributed by atoms with E-state index in [1.54, 1.807) is 27.7 Å². The molecule has 1 fully saturated rings. The first-order valence-corrected chi connectivity index (χ1v) is 13.6. The zero-order chi connectivity index (χ0) is 23.9. The molecule has 5 rings (SSSR count). The van der Waals surface area contributed by atoms with Gasteiger partial charge in [0, 0.05) is 49.8 Å². The van der Waals surface area contributed by atoms with E-state index in [4.69, 9.17) is 0 Å². The topological polar surface area (TPSA) is 95.5 Å². The molecule has 1 saturated heterocycles. The second kappa shape index (κ2) is 9.01. The quantitative estimate of drug-likeness (QED) is 0.442. The number of H-pyrrole nitrogens is 1. The molecule has 2 aromatic carbocycles. The van der Waals surface area contributed by atoms with E-state index in [2.05, 4.69) is 4.98 Å². The summed E-state index contributed by atoms with van der Waals surface area (Å²) >= 11 is 1.07. The molecular weight excluding hydrogens is 472 g/mol. The highest BCUT2D eigenvalue weighted by atomic mass is 32.2. The molecule has 0 aliphatic carbocycles. The van der Waals surface area contributed by atoms with Crippen molar-refractivity contribution in [3.05, 3.63) is 63.9 Å². The molecule has 1 aliphatic heterocycles. The number of aromatic amines is 1. The van der Waals surface area contributed by atoms with Gasteiger partial charge in [-0.3, -0.25) is 14.2 Å². The van der Waals surface area contributed by atoms with Crippen LogP contribution in [0.3, 0.4) is 0 Å². The van der Waals surface area contributed by atoms with Crippen LogP contribution in [0.4, 0.5) is 0 Å². The van der Waals surface area contributed by atoms with Crippen LogP contribution in [0.1, 0.15) is 18.9 Å². The number of nitrogens with one attached hydrogen (secondary N) is 1. The fourth-order valence-corrected chi connectivity index (χ4v) is 7.00. The van der Waals surface area contributed by atoms with Crippen LogP contribution < -0.4 is 4.87 Å². The number of nitrogens with zero attached hydrogens (tertiary/aromatic N) is 3. The predicted octanol–water partition coefficient (Wildman–Crippen LogP) is 3.03. The van der Waals surface area contributed by atoms with Crippen LogP contribution in [-0.2, 0) is 27.8 Å². The Morgan fingerprint density at radius 2 is 1.85 bits per heavy atom. The molecule has 1 aliphatic rings. The van der Waals surface area contributed by atoms with Gasteiger partial charge in [-0.25, -0.2) is 8.42 Å². The molecule has 1 amide bonds.